The zero-order valence-corrected chi connectivity index (χ0v) is 19.3. The second kappa shape index (κ2) is 8.35. The number of nitrogens with two attached hydrogens (primary N) is 1. The molecule has 0 unspecified atom stereocenters. The van der Waals surface area contributed by atoms with E-state index in [-0.39, 0.29) is 22.6 Å². The van der Waals surface area contributed by atoms with Gasteiger partial charge >= 0.3 is 6.03 Å². The predicted molar refractivity (Wildman–Crippen MR) is 127 cm³/mol. The molecule has 0 spiro atoms. The number of primary amides is 1. The number of nitrogens with one attached hydrogen (secondary N) is 2. The van der Waals surface area contributed by atoms with E-state index in [9.17, 15) is 22.8 Å². The number of urea groups is 1. The molecule has 11 heteroatoms. The number of hydrogen-bond donors (Lipinski definition) is 3. The van der Waals surface area contributed by atoms with Crippen molar-refractivity contribution in [1.29, 1.82) is 0 Å². The average molecular weight is 495 g/mol. The second-order valence-corrected chi connectivity index (χ2v) is 10.8. The molecule has 2 aromatic carbocycles. The SMILES string of the molecule is NC(=O)c1noc(-c2ccc(-c3ccc(C4(C=O)CC4)cc3)cc2)c1NC(=O)NS(=O)(=O)C1CC1. The van der Waals surface area contributed by atoms with E-state index in [0.29, 0.717) is 18.4 Å². The number of nitrogens with zero attached hydrogens (tertiary/aromatic N) is 1. The third kappa shape index (κ3) is 4.42. The number of aromatic nitrogens is 1. The third-order valence-electron chi connectivity index (χ3n) is 6.32. The van der Waals surface area contributed by atoms with E-state index < -0.39 is 27.2 Å². The summed E-state index contributed by atoms with van der Waals surface area (Å²) in [6.07, 6.45) is 3.73. The Hall–Kier alpha value is -3.99. The minimum Gasteiger partial charge on any atom is -0.364 e. The fraction of sp³-hybridized carbons (Fsp3) is 0.250. The first-order chi connectivity index (χ1) is 16.7. The lowest BCUT2D eigenvalue weighted by Gasteiger charge is -2.10. The van der Waals surface area contributed by atoms with Crippen LogP contribution in [-0.2, 0) is 20.2 Å². The second-order valence-electron chi connectivity index (χ2n) is 8.83. The van der Waals surface area contributed by atoms with Gasteiger partial charge in [0.2, 0.25) is 10.0 Å². The molecule has 35 heavy (non-hydrogen) atoms. The summed E-state index contributed by atoms with van der Waals surface area (Å²) in [6, 6.07) is 13.8. The van der Waals surface area contributed by atoms with E-state index in [1.165, 1.54) is 0 Å². The molecule has 0 bridgehead atoms. The van der Waals surface area contributed by atoms with E-state index in [0.717, 1.165) is 35.8 Å². The van der Waals surface area contributed by atoms with Crippen LogP contribution in [0.3, 0.4) is 0 Å². The molecule has 1 aromatic heterocycles. The van der Waals surface area contributed by atoms with Gasteiger partial charge in [0.1, 0.15) is 12.0 Å². The summed E-state index contributed by atoms with van der Waals surface area (Å²) < 4.78 is 31.3. The van der Waals surface area contributed by atoms with Gasteiger partial charge in [-0.15, -0.1) is 0 Å². The van der Waals surface area contributed by atoms with Crippen molar-refractivity contribution in [1.82, 2.24) is 9.88 Å². The van der Waals surface area contributed by atoms with Gasteiger partial charge in [0.15, 0.2) is 11.5 Å². The average Bonchev–Trinajstić information content (AvgIpc) is 3.76. The normalized spacial score (nSPS) is 16.3. The predicted octanol–water partition coefficient (Wildman–Crippen LogP) is 2.95. The van der Waals surface area contributed by atoms with Crippen LogP contribution < -0.4 is 15.8 Å². The Balaban J connectivity index is 1.38. The van der Waals surface area contributed by atoms with Gasteiger partial charge in [-0.2, -0.15) is 0 Å². The van der Waals surface area contributed by atoms with E-state index in [1.54, 1.807) is 12.1 Å². The molecule has 4 N–H and O–H groups in total. The first-order valence-corrected chi connectivity index (χ1v) is 12.6. The van der Waals surface area contributed by atoms with Crippen LogP contribution in [0.5, 0.6) is 0 Å². The van der Waals surface area contributed by atoms with Crippen molar-refractivity contribution in [2.24, 2.45) is 5.73 Å². The van der Waals surface area contributed by atoms with E-state index in [1.807, 2.05) is 41.1 Å². The molecule has 5 rings (SSSR count). The van der Waals surface area contributed by atoms with Crippen molar-refractivity contribution < 1.29 is 27.3 Å². The van der Waals surface area contributed by atoms with Gasteiger partial charge in [-0.1, -0.05) is 53.7 Å². The number of anilines is 1. The fourth-order valence-corrected chi connectivity index (χ4v) is 5.15. The minimum atomic E-state index is -3.80. The van der Waals surface area contributed by atoms with Crippen molar-refractivity contribution in [2.75, 3.05) is 5.32 Å². The molecule has 0 saturated heterocycles. The van der Waals surface area contributed by atoms with Crippen LogP contribution in [0.2, 0.25) is 0 Å². The summed E-state index contributed by atoms with van der Waals surface area (Å²) >= 11 is 0. The number of sulfonamides is 1. The number of rotatable bonds is 8. The molecule has 3 aromatic rings. The summed E-state index contributed by atoms with van der Waals surface area (Å²) in [4.78, 5) is 35.5. The van der Waals surface area contributed by atoms with Crippen molar-refractivity contribution in [3.05, 3.63) is 59.8 Å². The maximum atomic E-state index is 12.3. The highest BCUT2D eigenvalue weighted by Gasteiger charge is 2.44. The highest BCUT2D eigenvalue weighted by atomic mass is 32.2. The van der Waals surface area contributed by atoms with Crippen molar-refractivity contribution >= 4 is 33.9 Å². The standard InChI is InChI=1S/C24H22N4O6S/c25-22(30)20-19(26-23(31)28-35(32,33)18-9-10-18)21(34-27-20)16-3-1-14(2-4-16)15-5-7-17(8-6-15)24(13-29)11-12-24/h1-8,13,18H,9-12H2,(H2,25,30)(H2,26,28,31). The first kappa shape index (κ1) is 22.8. The summed E-state index contributed by atoms with van der Waals surface area (Å²) in [6.45, 7) is 0. The van der Waals surface area contributed by atoms with Crippen molar-refractivity contribution in [3.63, 3.8) is 0 Å². The highest BCUT2D eigenvalue weighted by Crippen LogP contribution is 2.46. The maximum absolute atomic E-state index is 12.3. The topological polar surface area (TPSA) is 161 Å². The molecule has 3 amide bonds. The largest absolute Gasteiger partial charge is 0.364 e. The monoisotopic (exact) mass is 494 g/mol. The zero-order valence-electron chi connectivity index (χ0n) is 18.5. The van der Waals surface area contributed by atoms with Crippen LogP contribution in [0.15, 0.2) is 53.1 Å². The molecule has 0 radical (unpaired) electrons. The number of carbonyl (C=O) groups excluding carboxylic acids is 3. The van der Waals surface area contributed by atoms with Gasteiger partial charge in [-0.25, -0.2) is 17.9 Å². The van der Waals surface area contributed by atoms with Crippen molar-refractivity contribution in [3.8, 4) is 22.5 Å². The Morgan fingerprint density at radius 3 is 2.09 bits per heavy atom. The molecule has 10 nitrogen and oxygen atoms in total. The van der Waals surface area contributed by atoms with Crippen molar-refractivity contribution in [2.45, 2.75) is 36.3 Å². The quantitative estimate of drug-likeness (QED) is 0.406. The van der Waals surface area contributed by atoms with Gasteiger partial charge in [0.25, 0.3) is 5.91 Å². The summed E-state index contributed by atoms with van der Waals surface area (Å²) in [5.74, 6) is -0.887. The van der Waals surface area contributed by atoms with Crippen LogP contribution in [-0.4, -0.2) is 37.0 Å². The number of carbonyl (C=O) groups is 3. The van der Waals surface area contributed by atoms with Gasteiger partial charge in [0.05, 0.1) is 10.7 Å². The van der Waals surface area contributed by atoms with Gasteiger partial charge < -0.3 is 20.4 Å². The van der Waals surface area contributed by atoms with Crippen LogP contribution >= 0.6 is 0 Å². The van der Waals surface area contributed by atoms with Crippen LogP contribution in [0.25, 0.3) is 22.5 Å². The molecule has 2 aliphatic rings. The van der Waals surface area contributed by atoms with Crippen LogP contribution in [0, 0.1) is 0 Å². The molecule has 2 fully saturated rings. The van der Waals surface area contributed by atoms with E-state index in [4.69, 9.17) is 10.3 Å². The summed E-state index contributed by atoms with van der Waals surface area (Å²) in [5.41, 5.74) is 7.90. The van der Waals surface area contributed by atoms with E-state index in [2.05, 4.69) is 10.5 Å². The fourth-order valence-electron chi connectivity index (χ4n) is 3.92. The molecule has 180 valence electrons. The number of amides is 3. The maximum Gasteiger partial charge on any atom is 0.333 e. The van der Waals surface area contributed by atoms with Gasteiger partial charge in [-0.3, -0.25) is 4.79 Å². The third-order valence-corrected chi connectivity index (χ3v) is 8.14. The highest BCUT2D eigenvalue weighted by molar-refractivity contribution is 7.90. The van der Waals surface area contributed by atoms with Gasteiger partial charge in [-0.05, 0) is 42.4 Å². The molecule has 2 aliphatic carbocycles. The Morgan fingerprint density at radius 2 is 1.57 bits per heavy atom. The Labute approximate surface area is 200 Å². The number of hydrogen-bond acceptors (Lipinski definition) is 7. The smallest absolute Gasteiger partial charge is 0.333 e. The molecule has 0 aliphatic heterocycles. The lowest BCUT2D eigenvalue weighted by molar-refractivity contribution is -0.109. The summed E-state index contributed by atoms with van der Waals surface area (Å²) in [5, 5.41) is 5.39. The van der Waals surface area contributed by atoms with Gasteiger partial charge in [0, 0.05) is 5.56 Å². The molecular weight excluding hydrogens is 472 g/mol. The lowest BCUT2D eigenvalue weighted by atomic mass is 9.94. The van der Waals surface area contributed by atoms with Crippen LogP contribution in [0.1, 0.15) is 41.7 Å². The molecule has 0 atom stereocenters. The molecule has 1 heterocycles. The first-order valence-electron chi connectivity index (χ1n) is 11.0. The Bertz CT molecular complexity index is 1420. The molecule has 2 saturated carbocycles. The zero-order chi connectivity index (χ0) is 24.8. The Morgan fingerprint density at radius 1 is 1.00 bits per heavy atom. The van der Waals surface area contributed by atoms with Crippen LogP contribution in [0.4, 0.5) is 10.5 Å². The lowest BCUT2D eigenvalue weighted by Crippen LogP contribution is -2.37. The molecular formula is C24H22N4O6S. The Kier molecular flexibility index (Phi) is 5.43. The minimum absolute atomic E-state index is 0.0568. The number of benzene rings is 2. The number of aldehydes is 1. The summed E-state index contributed by atoms with van der Waals surface area (Å²) in [7, 11) is -3.80. The van der Waals surface area contributed by atoms with E-state index >= 15 is 0 Å².